The zero-order valence-electron chi connectivity index (χ0n) is 43.4. The second-order valence-electron chi connectivity index (χ2n) is 17.6. The van der Waals surface area contributed by atoms with Gasteiger partial charge in [-0.1, -0.05) is 229 Å². The van der Waals surface area contributed by atoms with Crippen LogP contribution in [0.4, 0.5) is 0 Å². The summed E-state index contributed by atoms with van der Waals surface area (Å²) in [5.74, 6) is 0. The SMILES string of the molecule is CN(C)CCN(C)C.CN(C)CCN(C)C.CN(C)CCN(C)C.[B-][Si](c1ccccc1)(c1ccccc1)c1ccccc1.[B-][Si](c1ccccc1)(c1ccccc1)c1ccccc1.[Li+].[Li+]. The molecule has 6 aromatic carbocycles. The topological polar surface area (TPSA) is 19.4 Å². The largest absolute Gasteiger partial charge is 1.00 e. The molecule has 0 aliphatic heterocycles. The quantitative estimate of drug-likeness (QED) is 0.0872. The van der Waals surface area contributed by atoms with Gasteiger partial charge in [0.25, 0.3) is 0 Å². The molecule has 0 fully saturated rings. The molecule has 0 saturated heterocycles. The molecule has 0 amide bonds. The first-order valence-electron chi connectivity index (χ1n) is 22.3. The van der Waals surface area contributed by atoms with E-state index in [1.807, 2.05) is 36.4 Å². The fraction of sp³-hybridized carbons (Fsp3) is 0.333. The minimum atomic E-state index is -2.38. The van der Waals surface area contributed by atoms with E-state index in [1.165, 1.54) is 31.1 Å². The molecule has 66 heavy (non-hydrogen) atoms. The molecule has 340 valence electrons. The van der Waals surface area contributed by atoms with Gasteiger partial charge < -0.3 is 44.3 Å². The van der Waals surface area contributed by atoms with Crippen LogP contribution >= 0.6 is 0 Å². The fourth-order valence-corrected chi connectivity index (χ4v) is 12.7. The van der Waals surface area contributed by atoms with E-state index < -0.39 is 15.9 Å². The number of hydrogen-bond acceptors (Lipinski definition) is 6. The van der Waals surface area contributed by atoms with E-state index in [1.54, 1.807) is 0 Å². The molecule has 0 heterocycles. The number of nitrogens with zero attached hydrogens (tertiary/aromatic N) is 6. The number of benzene rings is 6. The summed E-state index contributed by atoms with van der Waals surface area (Å²) < 4.78 is 0. The molecule has 0 saturated carbocycles. The normalized spacial score (nSPS) is 10.9. The van der Waals surface area contributed by atoms with Gasteiger partial charge >= 0.3 is 37.7 Å². The van der Waals surface area contributed by atoms with Crippen LogP contribution in [0.5, 0.6) is 0 Å². The summed E-state index contributed by atoms with van der Waals surface area (Å²) in [4.78, 5) is 13.1. The van der Waals surface area contributed by atoms with Crippen molar-refractivity contribution in [1.29, 1.82) is 0 Å². The van der Waals surface area contributed by atoms with Crippen LogP contribution in [-0.2, 0) is 0 Å². The second-order valence-corrected chi connectivity index (χ2v) is 24.3. The van der Waals surface area contributed by atoms with Crippen LogP contribution < -0.4 is 68.8 Å². The zero-order chi connectivity index (χ0) is 47.4. The predicted molar refractivity (Wildman–Crippen MR) is 291 cm³/mol. The van der Waals surface area contributed by atoms with Gasteiger partial charge in [0.15, 0.2) is 0 Å². The van der Waals surface area contributed by atoms with Crippen molar-refractivity contribution in [3.8, 4) is 0 Å². The number of hydrogen-bond donors (Lipinski definition) is 0. The summed E-state index contributed by atoms with van der Waals surface area (Å²) in [5.41, 5.74) is 0. The van der Waals surface area contributed by atoms with E-state index in [0.29, 0.717) is 0 Å². The smallest absolute Gasteiger partial charge is 0.605 e. The first-order valence-corrected chi connectivity index (χ1v) is 26.5. The summed E-state index contributed by atoms with van der Waals surface area (Å²) in [5, 5.41) is 7.40. The molecule has 6 radical (unpaired) electrons. The molecule has 0 bridgehead atoms. The molecule has 0 atom stereocenters. The van der Waals surface area contributed by atoms with Crippen molar-refractivity contribution in [1.82, 2.24) is 29.4 Å². The van der Waals surface area contributed by atoms with Gasteiger partial charge in [-0.15, -0.1) is 0 Å². The van der Waals surface area contributed by atoms with Crippen molar-refractivity contribution in [3.05, 3.63) is 182 Å². The van der Waals surface area contributed by atoms with Crippen molar-refractivity contribution in [2.45, 2.75) is 0 Å². The Morgan fingerprint density at radius 3 is 0.439 bits per heavy atom. The van der Waals surface area contributed by atoms with E-state index in [9.17, 15) is 0 Å². The summed E-state index contributed by atoms with van der Waals surface area (Å²) in [6.45, 7) is 6.88. The molecule has 0 N–H and O–H groups in total. The molecule has 0 unspecified atom stereocenters. The van der Waals surface area contributed by atoms with Crippen molar-refractivity contribution in [2.24, 2.45) is 0 Å². The fourth-order valence-electron chi connectivity index (χ4n) is 6.41. The number of likely N-dealkylation sites (N-methyl/N-ethyl adjacent to an activating group) is 6. The van der Waals surface area contributed by atoms with Crippen LogP contribution in [0.15, 0.2) is 182 Å². The van der Waals surface area contributed by atoms with Crippen LogP contribution in [0.2, 0.25) is 0 Å². The van der Waals surface area contributed by atoms with Gasteiger partial charge in [-0.3, -0.25) is 0 Å². The third kappa shape index (κ3) is 23.7. The van der Waals surface area contributed by atoms with Crippen molar-refractivity contribution in [2.75, 3.05) is 124 Å². The molecule has 12 heteroatoms. The Bertz CT molecular complexity index is 1640. The van der Waals surface area contributed by atoms with Gasteiger partial charge in [0.05, 0.1) is 0 Å². The van der Waals surface area contributed by atoms with E-state index >= 15 is 0 Å². The van der Waals surface area contributed by atoms with Crippen molar-refractivity contribution < 1.29 is 37.7 Å². The van der Waals surface area contributed by atoms with Crippen LogP contribution in [0, 0.1) is 0 Å². The minimum Gasteiger partial charge on any atom is -0.605 e. The predicted octanol–water partition coefficient (Wildman–Crippen LogP) is -2.02. The molecule has 6 aromatic rings. The Kier molecular flexibility index (Phi) is 33.3. The molecule has 6 rings (SSSR count). The van der Waals surface area contributed by atoms with Gasteiger partial charge in [-0.25, -0.2) is 0 Å². The minimum absolute atomic E-state index is 0. The molecule has 0 aliphatic carbocycles. The molecule has 0 spiro atoms. The maximum atomic E-state index is 7.00. The molecular formula is C54H78B2Li2N6Si2. The molecular weight excluding hydrogens is 824 g/mol. The Morgan fingerprint density at radius 1 is 0.242 bits per heavy atom. The standard InChI is InChI=1S/2C18H15BSi.3C6H16N2.2Li/c2*19-20(16-10-4-1-5-11-16,17-12-6-2-7-13-17)18-14-8-3-9-15-18;3*1-7(2)5-6-8(3)4;;/h2*1-15H;3*5-6H2,1-4H3;;/q2*-1;;;;2*+1. The summed E-state index contributed by atoms with van der Waals surface area (Å²) in [6.07, 6.45) is 0. The Hall–Kier alpha value is -3.16. The van der Waals surface area contributed by atoms with Crippen molar-refractivity contribution >= 4 is 61.9 Å². The van der Waals surface area contributed by atoms with E-state index in [0.717, 1.165) is 39.3 Å². The van der Waals surface area contributed by atoms with E-state index in [4.69, 9.17) is 14.9 Å². The third-order valence-electron chi connectivity index (χ3n) is 10.4. The van der Waals surface area contributed by atoms with Crippen LogP contribution in [0.1, 0.15) is 0 Å². The maximum absolute atomic E-state index is 7.00. The average molecular weight is 903 g/mol. The van der Waals surface area contributed by atoms with Crippen LogP contribution in [0.25, 0.3) is 0 Å². The first-order chi connectivity index (χ1) is 30.5. The van der Waals surface area contributed by atoms with Gasteiger partial charge in [-0.2, -0.15) is 0 Å². The Balaban J connectivity index is 0.000000857. The van der Waals surface area contributed by atoms with Crippen LogP contribution in [0.3, 0.4) is 0 Å². The molecule has 0 aromatic heterocycles. The third-order valence-corrected chi connectivity index (χ3v) is 17.8. The summed E-state index contributed by atoms with van der Waals surface area (Å²) >= 11 is 0. The zero-order valence-corrected chi connectivity index (χ0v) is 45.4. The van der Waals surface area contributed by atoms with Gasteiger partial charge in [0.1, 0.15) is 0 Å². The van der Waals surface area contributed by atoms with Crippen LogP contribution in [-0.4, -0.2) is 184 Å². The summed E-state index contributed by atoms with van der Waals surface area (Å²) in [7, 11) is 34.3. The second kappa shape index (κ2) is 35.0. The first kappa shape index (κ1) is 62.8. The van der Waals surface area contributed by atoms with E-state index in [-0.39, 0.29) is 37.7 Å². The Morgan fingerprint density at radius 2 is 0.348 bits per heavy atom. The summed E-state index contributed by atoms with van der Waals surface area (Å²) in [6, 6.07) is 62.7. The maximum Gasteiger partial charge on any atom is 1.00 e. The van der Waals surface area contributed by atoms with Crippen molar-refractivity contribution in [3.63, 3.8) is 0 Å². The molecule has 6 nitrogen and oxygen atoms in total. The number of rotatable bonds is 15. The van der Waals surface area contributed by atoms with E-state index in [2.05, 4.69) is 260 Å². The van der Waals surface area contributed by atoms with Gasteiger partial charge in [-0.05, 0) is 84.6 Å². The average Bonchev–Trinajstić information content (AvgIpc) is 3.31. The Labute approximate surface area is 431 Å². The monoisotopic (exact) mass is 903 g/mol. The molecule has 0 aliphatic rings. The van der Waals surface area contributed by atoms with Gasteiger partial charge in [0.2, 0.25) is 0 Å². The van der Waals surface area contributed by atoms with Gasteiger partial charge in [0, 0.05) is 39.3 Å².